The number of rotatable bonds is 0. The number of fused-ring (bicyclic) bond motifs is 3. The third-order valence-electron chi connectivity index (χ3n) is 2.67. The summed E-state index contributed by atoms with van der Waals surface area (Å²) in [5.74, 6) is 0.332. The average Bonchev–Trinajstić information content (AvgIpc) is 2.29. The van der Waals surface area contributed by atoms with Gasteiger partial charge in [0.05, 0.1) is 5.52 Å². The summed E-state index contributed by atoms with van der Waals surface area (Å²) in [6, 6.07) is 5.73. The predicted octanol–water partition coefficient (Wildman–Crippen LogP) is 1.75. The first-order valence-corrected chi connectivity index (χ1v) is 5.20. The summed E-state index contributed by atoms with van der Waals surface area (Å²) in [6.45, 7) is 3.59. The van der Waals surface area contributed by atoms with Gasteiger partial charge in [-0.05, 0) is 12.5 Å². The van der Waals surface area contributed by atoms with Gasteiger partial charge in [-0.1, -0.05) is 18.2 Å². The molecule has 2 heterocycles. The summed E-state index contributed by atoms with van der Waals surface area (Å²) in [7, 11) is 0. The lowest BCUT2D eigenvalue weighted by Crippen LogP contribution is -2.06. The Bertz CT molecular complexity index is 793. The summed E-state index contributed by atoms with van der Waals surface area (Å²) in [5.41, 5.74) is 1.99. The third-order valence-corrected chi connectivity index (χ3v) is 2.67. The number of aryl methyl sites for hydroxylation is 2. The quantitative estimate of drug-likeness (QED) is 0.547. The number of hydrogen-bond acceptors (Lipinski definition) is 5. The fourth-order valence-corrected chi connectivity index (χ4v) is 1.87. The molecule has 0 fully saturated rings. The monoisotopic (exact) mass is 227 g/mol. The first kappa shape index (κ1) is 9.89. The van der Waals surface area contributed by atoms with E-state index in [0.717, 1.165) is 16.5 Å². The summed E-state index contributed by atoms with van der Waals surface area (Å²) >= 11 is 0. The summed E-state index contributed by atoms with van der Waals surface area (Å²) in [6.07, 6.45) is 0. The van der Waals surface area contributed by atoms with Crippen LogP contribution >= 0.6 is 0 Å². The Morgan fingerprint density at radius 2 is 1.82 bits per heavy atom. The Labute approximate surface area is 96.1 Å². The molecule has 1 aromatic carbocycles. The lowest BCUT2D eigenvalue weighted by atomic mass is 10.1. The van der Waals surface area contributed by atoms with Crippen molar-refractivity contribution in [1.82, 2.24) is 15.2 Å². The molecule has 3 aromatic rings. The molecule has 0 saturated carbocycles. The number of nitrogens with zero attached hydrogens (tertiary/aromatic N) is 3. The molecule has 5 nitrogen and oxygen atoms in total. The van der Waals surface area contributed by atoms with Crippen molar-refractivity contribution in [2.45, 2.75) is 13.8 Å². The van der Waals surface area contributed by atoms with Gasteiger partial charge in [-0.15, -0.1) is 10.2 Å². The smallest absolute Gasteiger partial charge is 0.367 e. The lowest BCUT2D eigenvalue weighted by molar-refractivity contribution is 0.465. The lowest BCUT2D eigenvalue weighted by Gasteiger charge is -2.02. The number of aromatic nitrogens is 3. The molecule has 0 bridgehead atoms. The van der Waals surface area contributed by atoms with Crippen molar-refractivity contribution in [3.05, 3.63) is 40.1 Å². The molecule has 5 heteroatoms. The Morgan fingerprint density at radius 3 is 2.65 bits per heavy atom. The van der Waals surface area contributed by atoms with Crippen LogP contribution in [0.3, 0.4) is 0 Å². The Balaban J connectivity index is 2.65. The van der Waals surface area contributed by atoms with Gasteiger partial charge in [0.25, 0.3) is 0 Å². The van der Waals surface area contributed by atoms with Gasteiger partial charge < -0.3 is 4.42 Å². The van der Waals surface area contributed by atoms with Gasteiger partial charge in [-0.2, -0.15) is 0 Å². The van der Waals surface area contributed by atoms with E-state index in [1.54, 1.807) is 6.92 Å². The molecule has 0 aliphatic carbocycles. The second kappa shape index (κ2) is 3.35. The zero-order valence-electron chi connectivity index (χ0n) is 9.39. The highest BCUT2D eigenvalue weighted by molar-refractivity contribution is 6.01. The topological polar surface area (TPSA) is 68.9 Å². The molecule has 0 saturated heterocycles. The first-order valence-electron chi connectivity index (χ1n) is 5.20. The van der Waals surface area contributed by atoms with Gasteiger partial charge in [0.1, 0.15) is 5.52 Å². The maximum absolute atomic E-state index is 11.6. The highest BCUT2D eigenvalue weighted by Gasteiger charge is 2.11. The van der Waals surface area contributed by atoms with Crippen LogP contribution in [0.1, 0.15) is 11.5 Å². The minimum Gasteiger partial charge on any atom is -0.407 e. The molecule has 2 aromatic heterocycles. The van der Waals surface area contributed by atoms with Gasteiger partial charge in [0, 0.05) is 12.3 Å². The zero-order valence-corrected chi connectivity index (χ0v) is 9.39. The van der Waals surface area contributed by atoms with E-state index in [2.05, 4.69) is 15.2 Å². The van der Waals surface area contributed by atoms with Crippen LogP contribution in [0.5, 0.6) is 0 Å². The van der Waals surface area contributed by atoms with Crippen molar-refractivity contribution in [3.63, 3.8) is 0 Å². The first-order chi connectivity index (χ1) is 8.16. The van der Waals surface area contributed by atoms with Crippen LogP contribution in [0.25, 0.3) is 21.9 Å². The van der Waals surface area contributed by atoms with Crippen molar-refractivity contribution in [3.8, 4) is 0 Å². The molecule has 0 radical (unpaired) electrons. The normalized spacial score (nSPS) is 11.2. The second-order valence-electron chi connectivity index (χ2n) is 3.89. The molecule has 0 amide bonds. The van der Waals surface area contributed by atoms with Crippen molar-refractivity contribution < 1.29 is 4.42 Å². The van der Waals surface area contributed by atoms with E-state index < -0.39 is 5.63 Å². The molecule has 84 valence electrons. The van der Waals surface area contributed by atoms with Crippen LogP contribution in [0.15, 0.2) is 27.4 Å². The van der Waals surface area contributed by atoms with Crippen LogP contribution in [0.4, 0.5) is 0 Å². The standard InChI is InChI=1S/C12H9N3O2/c1-6-4-3-5-8-9(6)14-15-11-10(8)13-7(2)17-12(11)16/h3-5H,1-2H3. The fourth-order valence-electron chi connectivity index (χ4n) is 1.87. The van der Waals surface area contributed by atoms with Crippen molar-refractivity contribution in [2.75, 3.05) is 0 Å². The van der Waals surface area contributed by atoms with Gasteiger partial charge in [0.15, 0.2) is 11.4 Å². The fraction of sp³-hybridized carbons (Fsp3) is 0.167. The molecular formula is C12H9N3O2. The maximum Gasteiger partial charge on any atom is 0.367 e. The van der Waals surface area contributed by atoms with E-state index in [1.807, 2.05) is 25.1 Å². The van der Waals surface area contributed by atoms with E-state index in [0.29, 0.717) is 11.4 Å². The second-order valence-corrected chi connectivity index (χ2v) is 3.89. The van der Waals surface area contributed by atoms with E-state index in [1.165, 1.54) is 0 Å². The van der Waals surface area contributed by atoms with Crippen LogP contribution in [-0.2, 0) is 0 Å². The molecule has 0 aliphatic heterocycles. The molecule has 0 N–H and O–H groups in total. The predicted molar refractivity (Wildman–Crippen MR) is 62.8 cm³/mol. The van der Waals surface area contributed by atoms with Crippen LogP contribution in [0, 0.1) is 13.8 Å². The molecule has 0 atom stereocenters. The molecule has 0 unspecified atom stereocenters. The van der Waals surface area contributed by atoms with Crippen LogP contribution < -0.4 is 5.63 Å². The SMILES string of the molecule is Cc1nc2c(nnc3c(C)cccc32)c(=O)o1. The van der Waals surface area contributed by atoms with Crippen LogP contribution in [-0.4, -0.2) is 15.2 Å². The number of hydrogen-bond donors (Lipinski definition) is 0. The van der Waals surface area contributed by atoms with Gasteiger partial charge in [-0.25, -0.2) is 9.78 Å². The minimum absolute atomic E-state index is 0.175. The van der Waals surface area contributed by atoms with E-state index in [-0.39, 0.29) is 5.52 Å². The van der Waals surface area contributed by atoms with E-state index in [4.69, 9.17) is 4.42 Å². The number of benzene rings is 1. The highest BCUT2D eigenvalue weighted by Crippen LogP contribution is 2.20. The third kappa shape index (κ3) is 1.39. The molecule has 3 rings (SSSR count). The summed E-state index contributed by atoms with van der Waals surface area (Å²) in [4.78, 5) is 15.9. The van der Waals surface area contributed by atoms with Crippen molar-refractivity contribution >= 4 is 21.9 Å². The van der Waals surface area contributed by atoms with E-state index >= 15 is 0 Å². The van der Waals surface area contributed by atoms with Gasteiger partial charge in [-0.3, -0.25) is 0 Å². The zero-order chi connectivity index (χ0) is 12.0. The van der Waals surface area contributed by atoms with E-state index in [9.17, 15) is 4.79 Å². The minimum atomic E-state index is -0.497. The maximum atomic E-state index is 11.6. The van der Waals surface area contributed by atoms with Crippen LogP contribution in [0.2, 0.25) is 0 Å². The average molecular weight is 227 g/mol. The summed E-state index contributed by atoms with van der Waals surface area (Å²) in [5, 5.41) is 8.77. The summed E-state index contributed by atoms with van der Waals surface area (Å²) < 4.78 is 4.90. The Hall–Kier alpha value is -2.30. The van der Waals surface area contributed by atoms with Crippen molar-refractivity contribution in [1.29, 1.82) is 0 Å². The highest BCUT2D eigenvalue weighted by atomic mass is 16.4. The van der Waals surface area contributed by atoms with Gasteiger partial charge in [0.2, 0.25) is 0 Å². The molecule has 17 heavy (non-hydrogen) atoms. The molecule has 0 spiro atoms. The van der Waals surface area contributed by atoms with Crippen molar-refractivity contribution in [2.24, 2.45) is 0 Å². The molecule has 0 aliphatic rings. The Kier molecular flexibility index (Phi) is 1.95. The largest absolute Gasteiger partial charge is 0.407 e. The molecular weight excluding hydrogens is 218 g/mol. The van der Waals surface area contributed by atoms with Gasteiger partial charge >= 0.3 is 5.63 Å². The Morgan fingerprint density at radius 1 is 1.06 bits per heavy atom.